The molecule has 0 amide bonds. The van der Waals surface area contributed by atoms with Crippen LogP contribution in [0.1, 0.15) is 24.0 Å². The van der Waals surface area contributed by atoms with Crippen LogP contribution in [0.3, 0.4) is 0 Å². The summed E-state index contributed by atoms with van der Waals surface area (Å²) in [6.45, 7) is 4.52. The number of aromatic nitrogens is 2. The van der Waals surface area contributed by atoms with Gasteiger partial charge in [0.05, 0.1) is 32.4 Å². The Bertz CT molecular complexity index is 978. The van der Waals surface area contributed by atoms with E-state index in [2.05, 4.69) is 22.9 Å². The third-order valence-corrected chi connectivity index (χ3v) is 5.42. The number of aryl methyl sites for hydroxylation is 1. The minimum atomic E-state index is 0.187. The molecule has 0 spiro atoms. The normalized spacial score (nSPS) is 16.8. The average molecular weight is 393 g/mol. The molecule has 0 aliphatic carbocycles. The van der Waals surface area contributed by atoms with E-state index in [4.69, 9.17) is 19.2 Å². The topological polar surface area (TPSA) is 56.7 Å². The maximum Gasteiger partial charge on any atom is 0.162 e. The Morgan fingerprint density at radius 2 is 1.97 bits per heavy atom. The Kier molecular flexibility index (Phi) is 5.81. The number of benzene rings is 1. The Morgan fingerprint density at radius 3 is 2.72 bits per heavy atom. The van der Waals surface area contributed by atoms with Crippen LogP contribution in [0.25, 0.3) is 10.9 Å². The van der Waals surface area contributed by atoms with E-state index >= 15 is 0 Å². The number of fused-ring (bicyclic) bond motifs is 1. The predicted molar refractivity (Wildman–Crippen MR) is 114 cm³/mol. The fraction of sp³-hybridized carbons (Fsp3) is 0.391. The van der Waals surface area contributed by atoms with Gasteiger partial charge in [-0.1, -0.05) is 6.07 Å². The molecule has 1 unspecified atom stereocenters. The zero-order chi connectivity index (χ0) is 20.2. The molecule has 1 fully saturated rings. The second-order valence-corrected chi connectivity index (χ2v) is 7.40. The average Bonchev–Trinajstić information content (AvgIpc) is 2.77. The molecule has 3 heterocycles. The van der Waals surface area contributed by atoms with Gasteiger partial charge in [0, 0.05) is 36.9 Å². The van der Waals surface area contributed by atoms with Gasteiger partial charge in [0.15, 0.2) is 11.5 Å². The predicted octanol–water partition coefficient (Wildman–Crippen LogP) is 4.14. The van der Waals surface area contributed by atoms with Gasteiger partial charge >= 0.3 is 0 Å². The lowest BCUT2D eigenvalue weighted by Gasteiger charge is -2.34. The monoisotopic (exact) mass is 393 g/mol. The van der Waals surface area contributed by atoms with Crippen LogP contribution in [0.15, 0.2) is 42.7 Å². The van der Waals surface area contributed by atoms with Crippen LogP contribution in [0.2, 0.25) is 0 Å². The first-order chi connectivity index (χ1) is 14.2. The summed E-state index contributed by atoms with van der Waals surface area (Å²) in [5.74, 6) is 2.40. The number of hydrogen-bond acceptors (Lipinski definition) is 6. The van der Waals surface area contributed by atoms with E-state index in [1.807, 2.05) is 30.5 Å². The van der Waals surface area contributed by atoms with E-state index in [1.165, 1.54) is 5.56 Å². The maximum absolute atomic E-state index is 6.16. The number of pyridine rings is 2. The van der Waals surface area contributed by atoms with Crippen molar-refractivity contribution in [1.82, 2.24) is 9.97 Å². The molecule has 4 rings (SSSR count). The Hall–Kier alpha value is -2.86. The van der Waals surface area contributed by atoms with Gasteiger partial charge in [-0.05, 0) is 49.1 Å². The molecule has 1 aliphatic heterocycles. The van der Waals surface area contributed by atoms with Gasteiger partial charge in [0.2, 0.25) is 0 Å². The number of methoxy groups -OCH3 is 2. The molecule has 0 bridgehead atoms. The largest absolute Gasteiger partial charge is 0.493 e. The van der Waals surface area contributed by atoms with Crippen LogP contribution in [0.4, 0.5) is 5.82 Å². The molecule has 0 N–H and O–H groups in total. The minimum Gasteiger partial charge on any atom is -0.493 e. The highest BCUT2D eigenvalue weighted by molar-refractivity contribution is 5.87. The summed E-state index contributed by atoms with van der Waals surface area (Å²) in [5, 5.41) is 1.08. The van der Waals surface area contributed by atoms with E-state index in [0.717, 1.165) is 54.0 Å². The number of ether oxygens (including phenoxy) is 3. The molecule has 6 heteroatoms. The van der Waals surface area contributed by atoms with E-state index in [9.17, 15) is 0 Å². The van der Waals surface area contributed by atoms with Gasteiger partial charge in [-0.3, -0.25) is 4.98 Å². The third-order valence-electron chi connectivity index (χ3n) is 5.42. The lowest BCUT2D eigenvalue weighted by molar-refractivity contribution is 0.0313. The lowest BCUT2D eigenvalue weighted by Crippen LogP contribution is -2.40. The highest BCUT2D eigenvalue weighted by Crippen LogP contribution is 2.34. The summed E-state index contributed by atoms with van der Waals surface area (Å²) in [5.41, 5.74) is 3.19. The number of rotatable bonds is 6. The molecule has 0 saturated carbocycles. The quantitative estimate of drug-likeness (QED) is 0.627. The molecule has 0 radical (unpaired) electrons. The van der Waals surface area contributed by atoms with Gasteiger partial charge in [0.25, 0.3) is 0 Å². The van der Waals surface area contributed by atoms with Gasteiger partial charge in [-0.25, -0.2) is 4.98 Å². The summed E-state index contributed by atoms with van der Waals surface area (Å²) in [4.78, 5) is 11.4. The molecule has 3 aromatic rings. The molecule has 1 aliphatic rings. The van der Waals surface area contributed by atoms with E-state index in [-0.39, 0.29) is 6.10 Å². The first-order valence-electron chi connectivity index (χ1n) is 9.96. The summed E-state index contributed by atoms with van der Waals surface area (Å²) in [6.07, 6.45) is 5.98. The van der Waals surface area contributed by atoms with Gasteiger partial charge < -0.3 is 19.1 Å². The standard InChI is InChI=1S/C23H27N3O3/c1-16-10-23(25-20-12-22(28-3)21(27-2)11-19(16)20)26-9-5-7-18(14-26)29-15-17-6-4-8-24-13-17/h4,6,8,10-13,18H,5,7,9,14-15H2,1-3H3. The van der Waals surface area contributed by atoms with Crippen molar-refractivity contribution in [2.45, 2.75) is 32.5 Å². The summed E-state index contributed by atoms with van der Waals surface area (Å²) in [7, 11) is 3.30. The van der Waals surface area contributed by atoms with Crippen molar-refractivity contribution in [3.63, 3.8) is 0 Å². The highest BCUT2D eigenvalue weighted by Gasteiger charge is 2.22. The first kappa shape index (κ1) is 19.5. The number of nitrogens with zero attached hydrogens (tertiary/aromatic N) is 3. The van der Waals surface area contributed by atoms with E-state index in [0.29, 0.717) is 12.4 Å². The van der Waals surface area contributed by atoms with Crippen molar-refractivity contribution in [1.29, 1.82) is 0 Å². The second-order valence-electron chi connectivity index (χ2n) is 7.40. The molecule has 152 valence electrons. The Labute approximate surface area is 171 Å². The number of hydrogen-bond donors (Lipinski definition) is 0. The van der Waals surface area contributed by atoms with Gasteiger partial charge in [0.1, 0.15) is 5.82 Å². The fourth-order valence-corrected chi connectivity index (χ4v) is 3.85. The zero-order valence-electron chi connectivity index (χ0n) is 17.2. The van der Waals surface area contributed by atoms with Crippen LogP contribution in [-0.2, 0) is 11.3 Å². The van der Waals surface area contributed by atoms with Crippen molar-refractivity contribution < 1.29 is 14.2 Å². The molecule has 29 heavy (non-hydrogen) atoms. The van der Waals surface area contributed by atoms with Crippen LogP contribution in [-0.4, -0.2) is 43.4 Å². The maximum atomic E-state index is 6.16. The van der Waals surface area contributed by atoms with Crippen molar-refractivity contribution in [2.75, 3.05) is 32.2 Å². The van der Waals surface area contributed by atoms with Crippen LogP contribution < -0.4 is 14.4 Å². The number of anilines is 1. The molecule has 1 aromatic carbocycles. The summed E-state index contributed by atoms with van der Waals surface area (Å²) in [6, 6.07) is 10.1. The smallest absolute Gasteiger partial charge is 0.162 e. The van der Waals surface area contributed by atoms with Crippen molar-refractivity contribution in [3.05, 3.63) is 53.9 Å². The molecule has 6 nitrogen and oxygen atoms in total. The van der Waals surface area contributed by atoms with Crippen molar-refractivity contribution >= 4 is 16.7 Å². The Morgan fingerprint density at radius 1 is 1.14 bits per heavy atom. The van der Waals surface area contributed by atoms with E-state index < -0.39 is 0 Å². The van der Waals surface area contributed by atoms with Crippen molar-refractivity contribution in [3.8, 4) is 11.5 Å². The lowest BCUT2D eigenvalue weighted by atomic mass is 10.1. The molecular weight excluding hydrogens is 366 g/mol. The van der Waals surface area contributed by atoms with Crippen LogP contribution >= 0.6 is 0 Å². The van der Waals surface area contributed by atoms with Gasteiger partial charge in [-0.15, -0.1) is 0 Å². The number of piperidine rings is 1. The highest BCUT2D eigenvalue weighted by atomic mass is 16.5. The summed E-state index contributed by atoms with van der Waals surface area (Å²) >= 11 is 0. The molecule has 1 saturated heterocycles. The van der Waals surface area contributed by atoms with Crippen molar-refractivity contribution in [2.24, 2.45) is 0 Å². The molecular formula is C23H27N3O3. The van der Waals surface area contributed by atoms with Crippen LogP contribution in [0, 0.1) is 6.92 Å². The zero-order valence-corrected chi connectivity index (χ0v) is 17.2. The fourth-order valence-electron chi connectivity index (χ4n) is 3.85. The van der Waals surface area contributed by atoms with E-state index in [1.54, 1.807) is 20.4 Å². The molecule has 1 atom stereocenters. The first-order valence-corrected chi connectivity index (χ1v) is 9.96. The SMILES string of the molecule is COc1cc2nc(N3CCCC(OCc4cccnc4)C3)cc(C)c2cc1OC. The molecule has 2 aromatic heterocycles. The summed E-state index contributed by atoms with van der Waals surface area (Å²) < 4.78 is 17.1. The Balaban J connectivity index is 1.53. The van der Waals surface area contributed by atoms with Gasteiger partial charge in [-0.2, -0.15) is 0 Å². The minimum absolute atomic E-state index is 0.187. The third kappa shape index (κ3) is 4.27. The van der Waals surface area contributed by atoms with Crippen LogP contribution in [0.5, 0.6) is 11.5 Å². The second kappa shape index (κ2) is 8.66.